The van der Waals surface area contributed by atoms with Crippen molar-refractivity contribution in [3.8, 4) is 0 Å². The average molecular weight is 261 g/mol. The Morgan fingerprint density at radius 3 is 2.67 bits per heavy atom. The zero-order chi connectivity index (χ0) is 12.8. The van der Waals surface area contributed by atoms with Crippen LogP contribution in [0.5, 0.6) is 0 Å². The summed E-state index contributed by atoms with van der Waals surface area (Å²) in [5.74, 6) is 0.906. The summed E-state index contributed by atoms with van der Waals surface area (Å²) in [7, 11) is 0. The Balaban J connectivity index is 1.73. The zero-order valence-corrected chi connectivity index (χ0v) is 10.8. The van der Waals surface area contributed by atoms with E-state index in [0.29, 0.717) is 19.4 Å². The lowest BCUT2D eigenvalue weighted by molar-refractivity contribution is -0.120. The minimum Gasteiger partial charge on any atom is -0.469 e. The minimum absolute atomic E-state index is 0.0217. The normalized spacial score (nSPS) is 10.3. The van der Waals surface area contributed by atoms with Gasteiger partial charge in [-0.25, -0.2) is 0 Å². The van der Waals surface area contributed by atoms with Crippen molar-refractivity contribution in [2.75, 3.05) is 6.54 Å². The van der Waals surface area contributed by atoms with Gasteiger partial charge in [0.15, 0.2) is 0 Å². The van der Waals surface area contributed by atoms with Crippen molar-refractivity contribution >= 4 is 18.5 Å². The van der Waals surface area contributed by atoms with Crippen LogP contribution in [0.15, 0.2) is 52.0 Å². The second-order valence-corrected chi connectivity index (χ2v) is 4.54. The monoisotopic (exact) mass is 261 g/mol. The highest BCUT2D eigenvalue weighted by Crippen LogP contribution is 2.08. The van der Waals surface area contributed by atoms with Crippen LogP contribution in [0.25, 0.3) is 0 Å². The largest absolute Gasteiger partial charge is 0.469 e. The first-order chi connectivity index (χ1) is 8.74. The molecule has 94 valence electrons. The standard InChI is InChI=1S/C14H15NO2S/c16-14(10-11-3-5-13(18)6-4-11)15-8-7-12-2-1-9-17-12/h1-6,9,18H,7-8,10H2,(H,15,16). The van der Waals surface area contributed by atoms with Crippen LogP contribution >= 0.6 is 12.6 Å². The molecule has 1 aromatic heterocycles. The van der Waals surface area contributed by atoms with E-state index in [1.807, 2.05) is 36.4 Å². The van der Waals surface area contributed by atoms with Gasteiger partial charge < -0.3 is 9.73 Å². The molecule has 0 saturated carbocycles. The van der Waals surface area contributed by atoms with Crippen LogP contribution in [-0.2, 0) is 17.6 Å². The molecule has 0 aliphatic heterocycles. The van der Waals surface area contributed by atoms with E-state index in [9.17, 15) is 4.79 Å². The molecule has 0 aliphatic carbocycles. The van der Waals surface area contributed by atoms with Gasteiger partial charge in [-0.1, -0.05) is 12.1 Å². The van der Waals surface area contributed by atoms with Gasteiger partial charge in [-0.2, -0.15) is 0 Å². The summed E-state index contributed by atoms with van der Waals surface area (Å²) < 4.78 is 5.19. The van der Waals surface area contributed by atoms with Crippen molar-refractivity contribution in [2.45, 2.75) is 17.7 Å². The van der Waals surface area contributed by atoms with Crippen LogP contribution in [0.1, 0.15) is 11.3 Å². The molecule has 1 aromatic carbocycles. The van der Waals surface area contributed by atoms with Crippen molar-refractivity contribution in [1.29, 1.82) is 0 Å². The molecular formula is C14H15NO2S. The van der Waals surface area contributed by atoms with Gasteiger partial charge in [-0.15, -0.1) is 12.6 Å². The maximum Gasteiger partial charge on any atom is 0.224 e. The maximum atomic E-state index is 11.7. The lowest BCUT2D eigenvalue weighted by atomic mass is 10.1. The van der Waals surface area contributed by atoms with E-state index in [2.05, 4.69) is 17.9 Å². The Morgan fingerprint density at radius 2 is 2.00 bits per heavy atom. The molecule has 2 aromatic rings. The van der Waals surface area contributed by atoms with Gasteiger partial charge in [0, 0.05) is 17.9 Å². The van der Waals surface area contributed by atoms with Crippen molar-refractivity contribution in [2.24, 2.45) is 0 Å². The third-order valence-corrected chi connectivity index (χ3v) is 2.87. The topological polar surface area (TPSA) is 42.2 Å². The van der Waals surface area contributed by atoms with Gasteiger partial charge in [-0.05, 0) is 29.8 Å². The van der Waals surface area contributed by atoms with Crippen LogP contribution in [0.4, 0.5) is 0 Å². The Hall–Kier alpha value is -1.68. The van der Waals surface area contributed by atoms with E-state index < -0.39 is 0 Å². The Kier molecular flexibility index (Phi) is 4.47. The third kappa shape index (κ3) is 3.96. The zero-order valence-electron chi connectivity index (χ0n) is 9.93. The highest BCUT2D eigenvalue weighted by molar-refractivity contribution is 7.80. The fraction of sp³-hybridized carbons (Fsp3) is 0.214. The fourth-order valence-corrected chi connectivity index (χ4v) is 1.79. The molecule has 18 heavy (non-hydrogen) atoms. The number of rotatable bonds is 5. The van der Waals surface area contributed by atoms with Crippen molar-refractivity contribution < 1.29 is 9.21 Å². The molecule has 0 atom stereocenters. The minimum atomic E-state index is 0.0217. The van der Waals surface area contributed by atoms with Gasteiger partial charge >= 0.3 is 0 Å². The predicted octanol–water partition coefficient (Wildman–Crippen LogP) is 2.47. The highest BCUT2D eigenvalue weighted by atomic mass is 32.1. The number of carbonyl (C=O) groups excluding carboxylic acids is 1. The number of hydrogen-bond donors (Lipinski definition) is 2. The molecular weight excluding hydrogens is 246 g/mol. The summed E-state index contributed by atoms with van der Waals surface area (Å²) in [6, 6.07) is 11.3. The van der Waals surface area contributed by atoms with Gasteiger partial charge in [0.25, 0.3) is 0 Å². The Labute approximate surface area is 112 Å². The van der Waals surface area contributed by atoms with Crippen molar-refractivity contribution in [3.63, 3.8) is 0 Å². The van der Waals surface area contributed by atoms with Crippen LogP contribution < -0.4 is 5.32 Å². The quantitative estimate of drug-likeness (QED) is 0.812. The number of benzene rings is 1. The molecule has 4 heteroatoms. The third-order valence-electron chi connectivity index (χ3n) is 2.57. The first-order valence-corrected chi connectivity index (χ1v) is 6.26. The summed E-state index contributed by atoms with van der Waals surface area (Å²) in [5.41, 5.74) is 0.989. The van der Waals surface area contributed by atoms with Gasteiger partial charge in [0.2, 0.25) is 5.91 Å². The molecule has 0 bridgehead atoms. The number of hydrogen-bond acceptors (Lipinski definition) is 3. The second kappa shape index (κ2) is 6.31. The highest BCUT2D eigenvalue weighted by Gasteiger charge is 2.03. The summed E-state index contributed by atoms with van der Waals surface area (Å²) in [5, 5.41) is 2.87. The Morgan fingerprint density at radius 1 is 1.22 bits per heavy atom. The average Bonchev–Trinajstić information content (AvgIpc) is 2.85. The number of carbonyl (C=O) groups is 1. The molecule has 3 nitrogen and oxygen atoms in total. The molecule has 0 unspecified atom stereocenters. The number of furan rings is 1. The predicted molar refractivity (Wildman–Crippen MR) is 72.8 cm³/mol. The van der Waals surface area contributed by atoms with E-state index in [0.717, 1.165) is 16.2 Å². The van der Waals surface area contributed by atoms with Crippen molar-refractivity contribution in [3.05, 3.63) is 54.0 Å². The van der Waals surface area contributed by atoms with Crippen LogP contribution in [0.2, 0.25) is 0 Å². The van der Waals surface area contributed by atoms with Crippen molar-refractivity contribution in [1.82, 2.24) is 5.32 Å². The van der Waals surface area contributed by atoms with Crippen LogP contribution in [-0.4, -0.2) is 12.5 Å². The second-order valence-electron chi connectivity index (χ2n) is 4.02. The van der Waals surface area contributed by atoms with E-state index in [-0.39, 0.29) is 5.91 Å². The van der Waals surface area contributed by atoms with E-state index in [4.69, 9.17) is 4.42 Å². The van der Waals surface area contributed by atoms with Crippen LogP contribution in [0, 0.1) is 0 Å². The van der Waals surface area contributed by atoms with E-state index >= 15 is 0 Å². The molecule has 0 saturated heterocycles. The smallest absolute Gasteiger partial charge is 0.224 e. The molecule has 0 aliphatic rings. The molecule has 0 spiro atoms. The first kappa shape index (κ1) is 12.8. The van der Waals surface area contributed by atoms with Gasteiger partial charge in [0.1, 0.15) is 5.76 Å². The molecule has 2 rings (SSSR count). The summed E-state index contributed by atoms with van der Waals surface area (Å²) >= 11 is 4.20. The molecule has 1 heterocycles. The maximum absolute atomic E-state index is 11.7. The first-order valence-electron chi connectivity index (χ1n) is 5.81. The number of amides is 1. The Bertz CT molecular complexity index is 491. The molecule has 1 amide bonds. The number of nitrogens with one attached hydrogen (secondary N) is 1. The fourth-order valence-electron chi connectivity index (χ4n) is 1.64. The molecule has 0 radical (unpaired) electrons. The number of thiol groups is 1. The van der Waals surface area contributed by atoms with E-state index in [1.54, 1.807) is 6.26 Å². The lowest BCUT2D eigenvalue weighted by Gasteiger charge is -2.04. The summed E-state index contributed by atoms with van der Waals surface area (Å²) in [6.45, 7) is 0.594. The SMILES string of the molecule is O=C(Cc1ccc(S)cc1)NCCc1ccco1. The molecule has 1 N–H and O–H groups in total. The summed E-state index contributed by atoms with van der Waals surface area (Å²) in [6.07, 6.45) is 2.75. The summed E-state index contributed by atoms with van der Waals surface area (Å²) in [4.78, 5) is 12.6. The van der Waals surface area contributed by atoms with E-state index in [1.165, 1.54) is 0 Å². The van der Waals surface area contributed by atoms with Gasteiger partial charge in [0.05, 0.1) is 12.7 Å². The lowest BCUT2D eigenvalue weighted by Crippen LogP contribution is -2.27. The van der Waals surface area contributed by atoms with Gasteiger partial charge in [-0.3, -0.25) is 4.79 Å². The van der Waals surface area contributed by atoms with Crippen LogP contribution in [0.3, 0.4) is 0 Å². The molecule has 0 fully saturated rings.